The van der Waals surface area contributed by atoms with Gasteiger partial charge in [0.15, 0.2) is 5.66 Å². The zero-order chi connectivity index (χ0) is 27.6. The van der Waals surface area contributed by atoms with Crippen molar-refractivity contribution in [3.8, 4) is 11.5 Å². The van der Waals surface area contributed by atoms with Crippen molar-refractivity contribution in [1.29, 1.82) is 0 Å². The largest absolute Gasteiger partial charge is 0.497 e. The number of carbonyl (C=O) groups excluding carboxylic acids is 1. The standard InChI is InChI=1S/C30H33Br2N3O4/c1-19(2)39-26-18-24(37-3)12-13-25(26)30(29(36)35-14-16-38-17-15-35)33-27(20-4-8-22(31)9-5-20)28(34-30)21-6-10-23(32)11-7-21/h4-13,18-19,27-28,33-34H,14-17H2,1-3H3. The van der Waals surface area contributed by atoms with Gasteiger partial charge in [-0.3, -0.25) is 15.4 Å². The number of hydrogen-bond acceptors (Lipinski definition) is 6. The number of nitrogens with zero attached hydrogens (tertiary/aromatic N) is 1. The first-order valence-electron chi connectivity index (χ1n) is 13.1. The number of nitrogens with one attached hydrogen (secondary N) is 2. The number of methoxy groups -OCH3 is 1. The molecule has 2 unspecified atom stereocenters. The van der Waals surface area contributed by atoms with E-state index in [4.69, 9.17) is 14.2 Å². The number of rotatable bonds is 7. The Balaban J connectivity index is 1.69. The topological polar surface area (TPSA) is 72.1 Å². The van der Waals surface area contributed by atoms with E-state index in [2.05, 4.69) is 66.8 Å². The molecule has 1 amide bonds. The van der Waals surface area contributed by atoms with Gasteiger partial charge in [-0.05, 0) is 61.4 Å². The molecule has 2 atom stereocenters. The van der Waals surface area contributed by atoms with Crippen molar-refractivity contribution in [3.63, 3.8) is 0 Å². The number of amides is 1. The van der Waals surface area contributed by atoms with Crippen LogP contribution in [0.2, 0.25) is 0 Å². The zero-order valence-electron chi connectivity index (χ0n) is 22.2. The Morgan fingerprint density at radius 1 is 0.923 bits per heavy atom. The number of halogens is 2. The lowest BCUT2D eigenvalue weighted by atomic mass is 9.95. The molecule has 0 aromatic heterocycles. The third-order valence-electron chi connectivity index (χ3n) is 7.11. The van der Waals surface area contributed by atoms with Crippen LogP contribution in [0.4, 0.5) is 0 Å². The van der Waals surface area contributed by atoms with Gasteiger partial charge in [0.25, 0.3) is 5.91 Å². The minimum Gasteiger partial charge on any atom is -0.497 e. The molecule has 2 aliphatic rings. The minimum atomic E-state index is -1.26. The molecule has 206 valence electrons. The summed E-state index contributed by atoms with van der Waals surface area (Å²) in [5, 5.41) is 7.55. The lowest BCUT2D eigenvalue weighted by Gasteiger charge is -2.38. The average Bonchev–Trinajstić information content (AvgIpc) is 3.35. The Morgan fingerprint density at radius 3 is 1.95 bits per heavy atom. The number of morpholine rings is 1. The molecule has 0 spiro atoms. The second-order valence-electron chi connectivity index (χ2n) is 10.0. The van der Waals surface area contributed by atoms with Crippen LogP contribution in [0, 0.1) is 0 Å². The molecule has 2 aliphatic heterocycles. The molecule has 2 saturated heterocycles. The van der Waals surface area contributed by atoms with E-state index in [1.807, 2.05) is 61.2 Å². The number of carbonyl (C=O) groups is 1. The highest BCUT2D eigenvalue weighted by Gasteiger charge is 2.54. The second kappa shape index (κ2) is 12.0. The predicted octanol–water partition coefficient (Wildman–Crippen LogP) is 5.69. The van der Waals surface area contributed by atoms with Crippen molar-refractivity contribution in [1.82, 2.24) is 15.5 Å². The van der Waals surface area contributed by atoms with Crippen molar-refractivity contribution >= 4 is 37.8 Å². The first kappa shape index (κ1) is 28.1. The van der Waals surface area contributed by atoms with E-state index in [1.165, 1.54) is 0 Å². The van der Waals surface area contributed by atoms with Gasteiger partial charge in [-0.2, -0.15) is 0 Å². The summed E-state index contributed by atoms with van der Waals surface area (Å²) in [4.78, 5) is 16.5. The summed E-state index contributed by atoms with van der Waals surface area (Å²) in [6, 6.07) is 21.7. The van der Waals surface area contributed by atoms with Crippen molar-refractivity contribution in [2.45, 2.75) is 37.7 Å². The molecular weight excluding hydrogens is 626 g/mol. The van der Waals surface area contributed by atoms with Crippen LogP contribution in [0.15, 0.2) is 75.7 Å². The van der Waals surface area contributed by atoms with Crippen molar-refractivity contribution in [3.05, 3.63) is 92.4 Å². The van der Waals surface area contributed by atoms with Crippen molar-refractivity contribution in [2.75, 3.05) is 33.4 Å². The second-order valence-corrected chi connectivity index (χ2v) is 11.9. The van der Waals surface area contributed by atoms with E-state index in [-0.39, 0.29) is 24.1 Å². The molecule has 2 N–H and O–H groups in total. The summed E-state index contributed by atoms with van der Waals surface area (Å²) >= 11 is 7.12. The number of hydrogen-bond donors (Lipinski definition) is 2. The lowest BCUT2D eigenvalue weighted by molar-refractivity contribution is -0.143. The Morgan fingerprint density at radius 2 is 1.46 bits per heavy atom. The Hall–Kier alpha value is -2.43. The van der Waals surface area contributed by atoms with Crippen LogP contribution in [-0.4, -0.2) is 50.3 Å². The smallest absolute Gasteiger partial charge is 0.262 e. The Kier molecular flexibility index (Phi) is 8.63. The van der Waals surface area contributed by atoms with Crippen LogP contribution in [0.25, 0.3) is 0 Å². The highest BCUT2D eigenvalue weighted by atomic mass is 79.9. The van der Waals surface area contributed by atoms with Crippen molar-refractivity contribution in [2.24, 2.45) is 0 Å². The van der Waals surface area contributed by atoms with Crippen LogP contribution in [0.3, 0.4) is 0 Å². The SMILES string of the molecule is COc1ccc(C2(C(=O)N3CCOCC3)NC(c3ccc(Br)cc3)C(c3ccc(Br)cc3)N2)c(OC(C)C)c1. The van der Waals surface area contributed by atoms with Gasteiger partial charge >= 0.3 is 0 Å². The van der Waals surface area contributed by atoms with E-state index in [0.717, 1.165) is 25.6 Å². The molecule has 2 fully saturated rings. The molecule has 3 aromatic rings. The molecule has 0 bridgehead atoms. The van der Waals surface area contributed by atoms with E-state index in [0.29, 0.717) is 37.8 Å². The maximum atomic E-state index is 14.6. The van der Waals surface area contributed by atoms with Crippen molar-refractivity contribution < 1.29 is 19.0 Å². The lowest BCUT2D eigenvalue weighted by Crippen LogP contribution is -2.60. The van der Waals surface area contributed by atoms with Crippen LogP contribution in [0.1, 0.15) is 42.6 Å². The Bertz CT molecular complexity index is 1240. The summed E-state index contributed by atoms with van der Waals surface area (Å²) in [6.07, 6.45) is -0.0997. The van der Waals surface area contributed by atoms with Gasteiger partial charge in [0.05, 0.1) is 38.5 Å². The summed E-state index contributed by atoms with van der Waals surface area (Å²) in [5.41, 5.74) is 1.59. The molecule has 0 aliphatic carbocycles. The summed E-state index contributed by atoms with van der Waals surface area (Å²) in [6.45, 7) is 6.01. The normalized spacial score (nSPS) is 23.2. The Labute approximate surface area is 246 Å². The van der Waals surface area contributed by atoms with Gasteiger partial charge in [-0.25, -0.2) is 0 Å². The first-order valence-corrected chi connectivity index (χ1v) is 14.7. The van der Waals surface area contributed by atoms with E-state index < -0.39 is 5.66 Å². The molecule has 0 radical (unpaired) electrons. The minimum absolute atomic E-state index is 0.0636. The molecule has 2 heterocycles. The third kappa shape index (κ3) is 5.88. The summed E-state index contributed by atoms with van der Waals surface area (Å²) in [7, 11) is 1.63. The van der Waals surface area contributed by atoms with Gasteiger partial charge in [0.2, 0.25) is 0 Å². The third-order valence-corrected chi connectivity index (χ3v) is 8.17. The molecule has 0 saturated carbocycles. The van der Waals surface area contributed by atoms with Gasteiger partial charge in [0, 0.05) is 33.7 Å². The molecule has 3 aromatic carbocycles. The van der Waals surface area contributed by atoms with E-state index in [1.54, 1.807) is 7.11 Å². The van der Waals surface area contributed by atoms with E-state index in [9.17, 15) is 4.79 Å². The van der Waals surface area contributed by atoms with Gasteiger partial charge in [0.1, 0.15) is 11.5 Å². The molecule has 7 nitrogen and oxygen atoms in total. The van der Waals surface area contributed by atoms with Crippen LogP contribution in [0.5, 0.6) is 11.5 Å². The van der Waals surface area contributed by atoms with E-state index >= 15 is 0 Å². The maximum Gasteiger partial charge on any atom is 0.262 e. The fraction of sp³-hybridized carbons (Fsp3) is 0.367. The van der Waals surface area contributed by atoms with Gasteiger partial charge < -0.3 is 19.1 Å². The molecular formula is C30H33Br2N3O4. The molecule has 9 heteroatoms. The van der Waals surface area contributed by atoms with Crippen LogP contribution in [-0.2, 0) is 15.2 Å². The summed E-state index contributed by atoms with van der Waals surface area (Å²) in [5.74, 6) is 1.19. The molecule has 39 heavy (non-hydrogen) atoms. The van der Waals surface area contributed by atoms with Gasteiger partial charge in [-0.1, -0.05) is 56.1 Å². The predicted molar refractivity (Wildman–Crippen MR) is 158 cm³/mol. The highest BCUT2D eigenvalue weighted by molar-refractivity contribution is 9.10. The monoisotopic (exact) mass is 657 g/mol. The fourth-order valence-electron chi connectivity index (χ4n) is 5.26. The maximum absolute atomic E-state index is 14.6. The fourth-order valence-corrected chi connectivity index (χ4v) is 5.78. The zero-order valence-corrected chi connectivity index (χ0v) is 25.4. The number of ether oxygens (including phenoxy) is 3. The first-order chi connectivity index (χ1) is 18.8. The van der Waals surface area contributed by atoms with Crippen LogP contribution < -0.4 is 20.1 Å². The summed E-state index contributed by atoms with van der Waals surface area (Å²) < 4.78 is 19.4. The van der Waals surface area contributed by atoms with Gasteiger partial charge in [-0.15, -0.1) is 0 Å². The van der Waals surface area contributed by atoms with Crippen LogP contribution >= 0.6 is 31.9 Å². The number of benzene rings is 3. The average molecular weight is 659 g/mol. The molecule has 5 rings (SSSR count). The quantitative estimate of drug-likeness (QED) is 0.340. The highest BCUT2D eigenvalue weighted by Crippen LogP contribution is 2.45.